The molecule has 5 nitrogen and oxygen atoms in total. The van der Waals surface area contributed by atoms with Gasteiger partial charge in [-0.25, -0.2) is 4.39 Å². The summed E-state index contributed by atoms with van der Waals surface area (Å²) in [6.45, 7) is 2.10. The second kappa shape index (κ2) is 7.34. The lowest BCUT2D eigenvalue weighted by Gasteiger charge is -2.25. The van der Waals surface area contributed by atoms with Crippen LogP contribution in [0, 0.1) is 11.7 Å². The topological polar surface area (TPSA) is 67.4 Å². The predicted octanol–water partition coefficient (Wildman–Crippen LogP) is 2.65. The number of carbonyl (C=O) groups excluding carboxylic acids is 2. The van der Waals surface area contributed by atoms with Gasteiger partial charge in [-0.15, -0.1) is 0 Å². The van der Waals surface area contributed by atoms with Crippen molar-refractivity contribution in [3.05, 3.63) is 59.4 Å². The van der Waals surface area contributed by atoms with Crippen molar-refractivity contribution in [3.8, 4) is 5.75 Å². The van der Waals surface area contributed by atoms with Gasteiger partial charge in [0.25, 0.3) is 0 Å². The summed E-state index contributed by atoms with van der Waals surface area (Å²) in [4.78, 5) is 23.5. The van der Waals surface area contributed by atoms with Crippen LogP contribution in [0.5, 0.6) is 5.75 Å². The second-order valence-corrected chi connectivity index (χ2v) is 6.06. The molecule has 1 aliphatic heterocycles. The maximum atomic E-state index is 12.9. The molecule has 25 heavy (non-hydrogen) atoms. The molecule has 0 spiro atoms. The van der Waals surface area contributed by atoms with E-state index in [0.717, 1.165) is 16.9 Å². The molecule has 1 heterocycles. The molecule has 2 N–H and O–H groups in total. The van der Waals surface area contributed by atoms with Crippen LogP contribution in [0.4, 0.5) is 10.1 Å². The molecule has 6 heteroatoms. The van der Waals surface area contributed by atoms with Crippen molar-refractivity contribution >= 4 is 17.5 Å². The summed E-state index contributed by atoms with van der Waals surface area (Å²) in [5.74, 6) is -0.135. The van der Waals surface area contributed by atoms with Gasteiger partial charge in [-0.1, -0.05) is 12.1 Å². The molecule has 0 unspecified atom stereocenters. The fourth-order valence-electron chi connectivity index (χ4n) is 2.78. The van der Waals surface area contributed by atoms with Gasteiger partial charge in [0.2, 0.25) is 11.8 Å². The lowest BCUT2D eigenvalue weighted by atomic mass is 9.95. The molecule has 0 fully saturated rings. The Hall–Kier alpha value is -2.89. The zero-order valence-corrected chi connectivity index (χ0v) is 13.8. The Bertz CT molecular complexity index is 790. The molecule has 0 aliphatic carbocycles. The molecule has 2 aromatic carbocycles. The molecule has 2 aromatic rings. The molecule has 1 aliphatic rings. The number of carbonyl (C=O) groups is 2. The molecular weight excluding hydrogens is 323 g/mol. The predicted molar refractivity (Wildman–Crippen MR) is 91.7 cm³/mol. The van der Waals surface area contributed by atoms with Crippen molar-refractivity contribution < 1.29 is 18.7 Å². The number of nitrogens with one attached hydrogen (secondary N) is 2. The number of ether oxygens (including phenoxy) is 1. The highest BCUT2D eigenvalue weighted by Gasteiger charge is 2.26. The number of halogens is 1. The van der Waals surface area contributed by atoms with Crippen molar-refractivity contribution in [2.24, 2.45) is 5.92 Å². The first-order chi connectivity index (χ1) is 12.0. The van der Waals surface area contributed by atoms with Crippen molar-refractivity contribution in [2.45, 2.75) is 19.9 Å². The van der Waals surface area contributed by atoms with Gasteiger partial charge in [-0.3, -0.25) is 9.59 Å². The Morgan fingerprint density at radius 3 is 2.68 bits per heavy atom. The molecule has 130 valence electrons. The smallest absolute Gasteiger partial charge is 0.227 e. The quantitative estimate of drug-likeness (QED) is 0.898. The van der Waals surface area contributed by atoms with Crippen LogP contribution in [0.1, 0.15) is 18.1 Å². The molecule has 0 bridgehead atoms. The van der Waals surface area contributed by atoms with Crippen LogP contribution in [0.2, 0.25) is 0 Å². The van der Waals surface area contributed by atoms with E-state index in [2.05, 4.69) is 10.6 Å². The third kappa shape index (κ3) is 4.35. The summed E-state index contributed by atoms with van der Waals surface area (Å²) >= 11 is 0. The van der Waals surface area contributed by atoms with Gasteiger partial charge in [-0.2, -0.15) is 0 Å². The fraction of sp³-hybridized carbons (Fsp3) is 0.263. The highest BCUT2D eigenvalue weighted by Crippen LogP contribution is 2.30. The van der Waals surface area contributed by atoms with E-state index in [0.29, 0.717) is 25.3 Å². The summed E-state index contributed by atoms with van der Waals surface area (Å²) < 4.78 is 18.6. The summed E-state index contributed by atoms with van der Waals surface area (Å²) in [6.07, 6.45) is 0.540. The Morgan fingerprint density at radius 2 is 1.96 bits per heavy atom. The fourth-order valence-corrected chi connectivity index (χ4v) is 2.78. The van der Waals surface area contributed by atoms with Gasteiger partial charge in [0.05, 0.1) is 5.92 Å². The summed E-state index contributed by atoms with van der Waals surface area (Å²) in [5, 5.41) is 5.58. The minimum Gasteiger partial charge on any atom is -0.492 e. The minimum absolute atomic E-state index is 0.111. The average Bonchev–Trinajstić information content (AvgIpc) is 2.60. The molecule has 0 radical (unpaired) electrons. The summed E-state index contributed by atoms with van der Waals surface area (Å²) in [5.41, 5.74) is 2.40. The first kappa shape index (κ1) is 17.0. The number of anilines is 1. The molecule has 0 saturated heterocycles. The Labute approximate surface area is 145 Å². The van der Waals surface area contributed by atoms with Crippen LogP contribution in [0.3, 0.4) is 0 Å². The largest absolute Gasteiger partial charge is 0.492 e. The third-order valence-electron chi connectivity index (χ3n) is 4.04. The highest BCUT2D eigenvalue weighted by molar-refractivity contribution is 5.89. The first-order valence-corrected chi connectivity index (χ1v) is 8.07. The lowest BCUT2D eigenvalue weighted by molar-refractivity contribution is -0.126. The van der Waals surface area contributed by atoms with Gasteiger partial charge < -0.3 is 15.4 Å². The Morgan fingerprint density at radius 1 is 1.20 bits per heavy atom. The van der Waals surface area contributed by atoms with Crippen molar-refractivity contribution in [1.29, 1.82) is 0 Å². The second-order valence-electron chi connectivity index (χ2n) is 6.06. The minimum atomic E-state index is -0.305. The van der Waals surface area contributed by atoms with E-state index in [1.54, 1.807) is 24.3 Å². The number of benzene rings is 2. The number of hydrogen-bond acceptors (Lipinski definition) is 3. The van der Waals surface area contributed by atoms with E-state index >= 15 is 0 Å². The molecule has 2 amide bonds. The number of amides is 2. The number of hydrogen-bond donors (Lipinski definition) is 2. The van der Waals surface area contributed by atoms with E-state index in [1.165, 1.54) is 19.1 Å². The molecular formula is C19H19FN2O3. The molecule has 3 rings (SSSR count). The van der Waals surface area contributed by atoms with Crippen LogP contribution in [-0.2, 0) is 22.6 Å². The third-order valence-corrected chi connectivity index (χ3v) is 4.04. The van der Waals surface area contributed by atoms with Crippen LogP contribution >= 0.6 is 0 Å². The standard InChI is InChI=1S/C19H19FN2O3/c1-12(23)22-17-6-7-18-14(9-17)8-15(11-25-18)19(24)21-10-13-2-4-16(20)5-3-13/h2-7,9,15H,8,10-11H2,1H3,(H,21,24)(H,22,23)/t15-/m1/s1. The average molecular weight is 342 g/mol. The van der Waals surface area contributed by atoms with E-state index in [4.69, 9.17) is 4.74 Å². The van der Waals surface area contributed by atoms with Crippen LogP contribution in [-0.4, -0.2) is 18.4 Å². The van der Waals surface area contributed by atoms with Gasteiger partial charge in [0.1, 0.15) is 18.2 Å². The van der Waals surface area contributed by atoms with Gasteiger partial charge in [0.15, 0.2) is 0 Å². The molecule has 1 atom stereocenters. The maximum Gasteiger partial charge on any atom is 0.227 e. The Balaban J connectivity index is 1.61. The molecule has 0 aromatic heterocycles. The lowest BCUT2D eigenvalue weighted by Crippen LogP contribution is -2.37. The number of fused-ring (bicyclic) bond motifs is 1. The van der Waals surface area contributed by atoms with Crippen molar-refractivity contribution in [3.63, 3.8) is 0 Å². The van der Waals surface area contributed by atoms with Crippen LogP contribution in [0.15, 0.2) is 42.5 Å². The van der Waals surface area contributed by atoms with Crippen molar-refractivity contribution in [2.75, 3.05) is 11.9 Å². The van der Waals surface area contributed by atoms with E-state index in [-0.39, 0.29) is 23.5 Å². The zero-order chi connectivity index (χ0) is 17.8. The van der Waals surface area contributed by atoms with E-state index < -0.39 is 0 Å². The maximum absolute atomic E-state index is 12.9. The highest BCUT2D eigenvalue weighted by atomic mass is 19.1. The normalized spacial score (nSPS) is 15.7. The summed E-state index contributed by atoms with van der Waals surface area (Å²) in [6, 6.07) is 11.4. The molecule has 0 saturated carbocycles. The van der Waals surface area contributed by atoms with Gasteiger partial charge in [-0.05, 0) is 47.9 Å². The Kier molecular flexibility index (Phi) is 4.97. The zero-order valence-electron chi connectivity index (χ0n) is 13.8. The SMILES string of the molecule is CC(=O)Nc1ccc2c(c1)C[C@@H](C(=O)NCc1ccc(F)cc1)CO2. The van der Waals surface area contributed by atoms with Crippen molar-refractivity contribution in [1.82, 2.24) is 5.32 Å². The van der Waals surface area contributed by atoms with Crippen LogP contribution < -0.4 is 15.4 Å². The number of rotatable bonds is 4. The summed E-state index contributed by atoms with van der Waals surface area (Å²) in [7, 11) is 0. The van der Waals surface area contributed by atoms with Crippen LogP contribution in [0.25, 0.3) is 0 Å². The van der Waals surface area contributed by atoms with Gasteiger partial charge in [0, 0.05) is 19.2 Å². The van der Waals surface area contributed by atoms with E-state index in [1.807, 2.05) is 6.07 Å². The monoisotopic (exact) mass is 342 g/mol. The first-order valence-electron chi connectivity index (χ1n) is 8.07. The van der Waals surface area contributed by atoms with E-state index in [9.17, 15) is 14.0 Å². The van der Waals surface area contributed by atoms with Gasteiger partial charge >= 0.3 is 0 Å².